The summed E-state index contributed by atoms with van der Waals surface area (Å²) < 4.78 is 10.5. The van der Waals surface area contributed by atoms with Crippen molar-refractivity contribution in [1.82, 2.24) is 9.97 Å². The molecular formula is C31H35N3O13. The minimum atomic E-state index is -3.10. The Morgan fingerprint density at radius 3 is 2.53 bits per heavy atom. The van der Waals surface area contributed by atoms with Crippen molar-refractivity contribution in [3.8, 4) is 17.2 Å². The fourth-order valence-electron chi connectivity index (χ4n) is 5.88. The maximum absolute atomic E-state index is 13.9. The van der Waals surface area contributed by atoms with Gasteiger partial charge >= 0.3 is 11.9 Å². The molecule has 2 aliphatic heterocycles. The largest absolute Gasteiger partial charge is 0.508 e. The van der Waals surface area contributed by atoms with Gasteiger partial charge in [0.1, 0.15) is 29.6 Å². The number of aliphatic carboxylic acids is 1. The van der Waals surface area contributed by atoms with E-state index in [-0.39, 0.29) is 42.9 Å². The van der Waals surface area contributed by atoms with Gasteiger partial charge in [-0.2, -0.15) is 0 Å². The fraction of sp³-hybridized carbons (Fsp3) is 0.387. The minimum absolute atomic E-state index is 0.000587. The number of fused-ring (bicyclic) bond motifs is 1. The minimum Gasteiger partial charge on any atom is -0.508 e. The Labute approximate surface area is 267 Å². The number of carbonyl (C=O) groups is 2. The second-order valence-corrected chi connectivity index (χ2v) is 11.4. The van der Waals surface area contributed by atoms with Crippen molar-refractivity contribution in [3.63, 3.8) is 0 Å². The molecule has 1 aromatic heterocycles. The molecule has 16 nitrogen and oxygen atoms in total. The van der Waals surface area contributed by atoms with Gasteiger partial charge in [-0.15, -0.1) is 0 Å². The molecule has 47 heavy (non-hydrogen) atoms. The Hall–Kier alpha value is -4.55. The van der Waals surface area contributed by atoms with Crippen molar-refractivity contribution in [2.24, 2.45) is 0 Å². The highest BCUT2D eigenvalue weighted by Crippen LogP contribution is 2.47. The van der Waals surface area contributed by atoms with Crippen molar-refractivity contribution >= 4 is 23.6 Å². The SMILES string of the molecule is O=C(/C=C/c1ccc(O)c(Cc2cnc[nH]2)c1)N1c2cc(O[C@]3(O)O[C@H](CO)[C@@H](O)[C@H](O)[C@H]3O)c(O)cc2C[C@]1(CCCO)C(=O)O. The number of aromatic amines is 1. The second kappa shape index (κ2) is 13.3. The van der Waals surface area contributed by atoms with E-state index in [0.29, 0.717) is 17.5 Å². The quantitative estimate of drug-likeness (QED) is 0.0886. The first-order valence-electron chi connectivity index (χ1n) is 14.6. The maximum atomic E-state index is 13.9. The highest BCUT2D eigenvalue weighted by molar-refractivity contribution is 6.11. The van der Waals surface area contributed by atoms with Crippen LogP contribution in [0.5, 0.6) is 17.2 Å². The third kappa shape index (κ3) is 6.39. The number of benzene rings is 2. The van der Waals surface area contributed by atoms with Crippen LogP contribution in [0.3, 0.4) is 0 Å². The number of rotatable bonds is 11. The third-order valence-corrected chi connectivity index (χ3v) is 8.32. The molecule has 5 rings (SSSR count). The number of aliphatic hydroxyl groups is 6. The van der Waals surface area contributed by atoms with Gasteiger partial charge in [-0.25, -0.2) is 9.78 Å². The van der Waals surface area contributed by atoms with Crippen LogP contribution in [0.2, 0.25) is 0 Å². The van der Waals surface area contributed by atoms with E-state index in [9.17, 15) is 55.5 Å². The van der Waals surface area contributed by atoms with Crippen LogP contribution in [0, 0.1) is 0 Å². The summed E-state index contributed by atoms with van der Waals surface area (Å²) in [6.07, 6.45) is -2.25. The predicted molar refractivity (Wildman–Crippen MR) is 160 cm³/mol. The summed E-state index contributed by atoms with van der Waals surface area (Å²) in [5.74, 6) is -6.55. The molecular weight excluding hydrogens is 622 g/mol. The van der Waals surface area contributed by atoms with E-state index in [1.807, 2.05) is 0 Å². The number of aliphatic hydroxyl groups excluding tert-OH is 5. The van der Waals surface area contributed by atoms with E-state index < -0.39 is 65.9 Å². The van der Waals surface area contributed by atoms with Crippen molar-refractivity contribution < 1.29 is 65.0 Å². The molecule has 6 atom stereocenters. The van der Waals surface area contributed by atoms with E-state index in [0.717, 1.165) is 28.8 Å². The average Bonchev–Trinajstić information content (AvgIpc) is 3.67. The summed E-state index contributed by atoms with van der Waals surface area (Å²) in [7, 11) is 0. The molecule has 0 aliphatic carbocycles. The van der Waals surface area contributed by atoms with Gasteiger partial charge in [0.2, 0.25) is 0 Å². The van der Waals surface area contributed by atoms with Crippen LogP contribution in [-0.4, -0.2) is 117 Å². The van der Waals surface area contributed by atoms with Gasteiger partial charge in [-0.1, -0.05) is 6.07 Å². The highest BCUT2D eigenvalue weighted by atomic mass is 16.8. The summed E-state index contributed by atoms with van der Waals surface area (Å²) in [5, 5.41) is 92.2. The van der Waals surface area contributed by atoms with Crippen LogP contribution in [0.25, 0.3) is 6.08 Å². The number of aromatic hydroxyl groups is 2. The van der Waals surface area contributed by atoms with Gasteiger partial charge in [0.25, 0.3) is 5.91 Å². The first-order valence-corrected chi connectivity index (χ1v) is 14.6. The molecule has 0 radical (unpaired) electrons. The van der Waals surface area contributed by atoms with E-state index in [2.05, 4.69) is 9.97 Å². The Morgan fingerprint density at radius 2 is 1.87 bits per heavy atom. The Morgan fingerprint density at radius 1 is 1.11 bits per heavy atom. The normalized spacial score (nSPS) is 27.2. The number of hydrogen-bond donors (Lipinski definition) is 10. The number of ether oxygens (including phenoxy) is 2. The smallest absolute Gasteiger partial charge is 0.355 e. The number of nitrogens with zero attached hydrogens (tertiary/aromatic N) is 2. The van der Waals surface area contributed by atoms with Crippen LogP contribution < -0.4 is 9.64 Å². The van der Waals surface area contributed by atoms with Gasteiger partial charge in [-0.3, -0.25) is 9.69 Å². The van der Waals surface area contributed by atoms with E-state index in [1.54, 1.807) is 18.3 Å². The monoisotopic (exact) mass is 657 g/mol. The van der Waals surface area contributed by atoms with E-state index in [1.165, 1.54) is 18.5 Å². The number of imidazole rings is 1. The summed E-state index contributed by atoms with van der Waals surface area (Å²) in [6, 6.07) is 6.78. The zero-order chi connectivity index (χ0) is 34.1. The van der Waals surface area contributed by atoms with E-state index in [4.69, 9.17) is 9.47 Å². The number of aromatic nitrogens is 2. The molecule has 3 aromatic rings. The number of nitrogens with one attached hydrogen (secondary N) is 1. The Kier molecular flexibility index (Phi) is 9.55. The van der Waals surface area contributed by atoms with Crippen molar-refractivity contribution in [2.45, 2.75) is 61.6 Å². The van der Waals surface area contributed by atoms with Gasteiger partial charge < -0.3 is 60.4 Å². The molecule has 0 spiro atoms. The zero-order valence-corrected chi connectivity index (χ0v) is 24.8. The summed E-state index contributed by atoms with van der Waals surface area (Å²) in [5.41, 5.74) is -0.00693. The summed E-state index contributed by atoms with van der Waals surface area (Å²) >= 11 is 0. The lowest BCUT2D eigenvalue weighted by Crippen LogP contribution is -2.67. The number of carboxylic acid groups (broad SMARTS) is 1. The first kappa shape index (κ1) is 33.8. The molecule has 1 fully saturated rings. The summed E-state index contributed by atoms with van der Waals surface area (Å²) in [4.78, 5) is 34.6. The van der Waals surface area contributed by atoms with Crippen LogP contribution >= 0.6 is 0 Å². The van der Waals surface area contributed by atoms with Crippen LogP contribution in [0.15, 0.2) is 48.9 Å². The molecule has 2 aromatic carbocycles. The number of carbonyl (C=O) groups excluding carboxylic acids is 1. The van der Waals surface area contributed by atoms with Gasteiger partial charge in [0, 0.05) is 49.0 Å². The fourth-order valence-corrected chi connectivity index (χ4v) is 5.88. The number of phenols is 2. The molecule has 16 heteroatoms. The van der Waals surface area contributed by atoms with E-state index >= 15 is 0 Å². The number of amides is 1. The lowest BCUT2D eigenvalue weighted by atomic mass is 9.88. The van der Waals surface area contributed by atoms with Crippen LogP contribution in [0.4, 0.5) is 5.69 Å². The Balaban J connectivity index is 1.51. The number of carboxylic acids is 1. The molecule has 2 aliphatic rings. The number of anilines is 1. The highest BCUT2D eigenvalue weighted by Gasteiger charge is 2.56. The molecule has 10 N–H and O–H groups in total. The Bertz CT molecular complexity index is 1650. The van der Waals surface area contributed by atoms with Crippen molar-refractivity contribution in [2.75, 3.05) is 18.1 Å². The molecule has 1 amide bonds. The maximum Gasteiger partial charge on any atom is 0.355 e. The summed E-state index contributed by atoms with van der Waals surface area (Å²) in [6.45, 7) is -1.27. The third-order valence-electron chi connectivity index (χ3n) is 8.32. The topological polar surface area (TPSA) is 267 Å². The molecule has 0 bridgehead atoms. The predicted octanol–water partition coefficient (Wildman–Crippen LogP) is -0.891. The van der Waals surface area contributed by atoms with Crippen LogP contribution in [0.1, 0.15) is 35.2 Å². The molecule has 0 unspecified atom stereocenters. The van der Waals surface area contributed by atoms with Crippen molar-refractivity contribution in [3.05, 3.63) is 71.3 Å². The number of hydrogen-bond acceptors (Lipinski definition) is 13. The van der Waals surface area contributed by atoms with Gasteiger partial charge in [-0.05, 0) is 48.2 Å². The lowest BCUT2D eigenvalue weighted by Gasteiger charge is -2.44. The van der Waals surface area contributed by atoms with Gasteiger partial charge in [0.15, 0.2) is 17.6 Å². The molecule has 252 valence electrons. The standard InChI is InChI=1S/C31H35N3O13/c35-7-1-6-30(29(43)44)12-18-10-22(38)23(46-31(45)28(42)27(41)26(40)24(14-36)47-31)11-20(18)34(30)25(39)5-3-16-2-4-21(37)17(8-16)9-19-13-32-15-33-19/h2-5,8,10-11,13,15,24,26-28,35-38,40-42,45H,1,6-7,9,12,14H2,(H,32,33)(H,43,44)/b5-3+/t24-,26-,27+,28-,30-,31+/m1/s1. The average molecular weight is 658 g/mol. The molecule has 1 saturated heterocycles. The zero-order valence-electron chi connectivity index (χ0n) is 24.8. The number of H-pyrrole nitrogens is 1. The second-order valence-electron chi connectivity index (χ2n) is 11.4. The van der Waals surface area contributed by atoms with Crippen molar-refractivity contribution in [1.29, 1.82) is 0 Å². The lowest BCUT2D eigenvalue weighted by molar-refractivity contribution is -0.422. The van der Waals surface area contributed by atoms with Gasteiger partial charge in [0.05, 0.1) is 18.6 Å². The molecule has 0 saturated carbocycles. The number of phenolic OH excluding ortho intramolecular Hbond substituents is 2. The first-order chi connectivity index (χ1) is 22.3. The van der Waals surface area contributed by atoms with Crippen LogP contribution in [-0.2, 0) is 27.2 Å². The molecule has 3 heterocycles.